The minimum absolute atomic E-state index is 0.141. The van der Waals surface area contributed by atoms with E-state index in [9.17, 15) is 13.2 Å². The fourth-order valence-electron chi connectivity index (χ4n) is 3.51. The Balaban J connectivity index is 1.41. The van der Waals surface area contributed by atoms with Crippen molar-refractivity contribution >= 4 is 0 Å². The largest absolute Gasteiger partial charge is 0.401 e. The van der Waals surface area contributed by atoms with E-state index < -0.39 is 12.7 Å². The summed E-state index contributed by atoms with van der Waals surface area (Å²) in [6, 6.07) is 9.72. The SMILES string of the molecule is FC(F)(F)CN1CCC(c2ncc(-c3cnc(-c4ccccc4)nc3)[nH]2)CC1. The summed E-state index contributed by atoms with van der Waals surface area (Å²) in [5.74, 6) is 1.61. The van der Waals surface area contributed by atoms with Crippen molar-refractivity contribution in [2.24, 2.45) is 0 Å². The summed E-state index contributed by atoms with van der Waals surface area (Å²) in [5, 5.41) is 0. The van der Waals surface area contributed by atoms with Gasteiger partial charge in [0.25, 0.3) is 0 Å². The third-order valence-electron chi connectivity index (χ3n) is 4.97. The Bertz CT molecular complexity index is 898. The first-order valence-corrected chi connectivity index (χ1v) is 9.20. The van der Waals surface area contributed by atoms with Crippen molar-refractivity contribution in [1.82, 2.24) is 24.8 Å². The topological polar surface area (TPSA) is 57.7 Å². The fraction of sp³-hybridized carbons (Fsp3) is 0.350. The number of alkyl halides is 3. The molecule has 0 atom stereocenters. The van der Waals surface area contributed by atoms with Crippen molar-refractivity contribution in [1.29, 1.82) is 0 Å². The highest BCUT2D eigenvalue weighted by molar-refractivity contribution is 5.60. The quantitative estimate of drug-likeness (QED) is 0.726. The van der Waals surface area contributed by atoms with Gasteiger partial charge in [-0.25, -0.2) is 15.0 Å². The van der Waals surface area contributed by atoms with Gasteiger partial charge in [0.05, 0.1) is 18.4 Å². The Hall–Kier alpha value is -2.74. The Labute approximate surface area is 160 Å². The number of H-pyrrole nitrogens is 1. The molecule has 1 fully saturated rings. The van der Waals surface area contributed by atoms with Gasteiger partial charge in [0.15, 0.2) is 5.82 Å². The summed E-state index contributed by atoms with van der Waals surface area (Å²) < 4.78 is 37.5. The zero-order valence-electron chi connectivity index (χ0n) is 15.2. The van der Waals surface area contributed by atoms with E-state index in [4.69, 9.17) is 0 Å². The number of likely N-dealkylation sites (tertiary alicyclic amines) is 1. The molecule has 0 amide bonds. The van der Waals surface area contributed by atoms with Gasteiger partial charge < -0.3 is 4.98 Å². The monoisotopic (exact) mass is 387 g/mol. The Kier molecular flexibility index (Phi) is 5.13. The van der Waals surface area contributed by atoms with Crippen molar-refractivity contribution in [3.63, 3.8) is 0 Å². The third-order valence-corrected chi connectivity index (χ3v) is 4.97. The van der Waals surface area contributed by atoms with Crippen molar-refractivity contribution in [2.75, 3.05) is 19.6 Å². The van der Waals surface area contributed by atoms with Gasteiger partial charge in [-0.15, -0.1) is 0 Å². The maximum atomic E-state index is 12.5. The van der Waals surface area contributed by atoms with Crippen LogP contribution in [-0.2, 0) is 0 Å². The van der Waals surface area contributed by atoms with Crippen LogP contribution in [0.3, 0.4) is 0 Å². The van der Waals surface area contributed by atoms with E-state index >= 15 is 0 Å². The number of aromatic amines is 1. The number of nitrogens with one attached hydrogen (secondary N) is 1. The Morgan fingerprint density at radius 2 is 1.61 bits per heavy atom. The molecule has 0 saturated carbocycles. The van der Waals surface area contributed by atoms with Gasteiger partial charge in [0.1, 0.15) is 5.82 Å². The van der Waals surface area contributed by atoms with Gasteiger partial charge >= 0.3 is 6.18 Å². The normalized spacial score (nSPS) is 16.4. The molecule has 1 aliphatic heterocycles. The molecule has 1 aliphatic rings. The predicted molar refractivity (Wildman–Crippen MR) is 99.5 cm³/mol. The molecule has 4 rings (SSSR count). The molecule has 146 valence electrons. The maximum Gasteiger partial charge on any atom is 0.401 e. The Morgan fingerprint density at radius 1 is 0.929 bits per heavy atom. The molecule has 1 N–H and O–H groups in total. The van der Waals surface area contributed by atoms with E-state index in [-0.39, 0.29) is 5.92 Å². The van der Waals surface area contributed by atoms with Crippen molar-refractivity contribution in [3.8, 4) is 22.6 Å². The third kappa shape index (κ3) is 4.39. The summed E-state index contributed by atoms with van der Waals surface area (Å²) in [4.78, 5) is 18.0. The number of aromatic nitrogens is 4. The Morgan fingerprint density at radius 3 is 2.25 bits per heavy atom. The van der Waals surface area contributed by atoms with Crippen LogP contribution < -0.4 is 0 Å². The van der Waals surface area contributed by atoms with Gasteiger partial charge in [-0.3, -0.25) is 4.90 Å². The molecule has 8 heteroatoms. The number of hydrogen-bond donors (Lipinski definition) is 1. The number of piperidine rings is 1. The average Bonchev–Trinajstić information content (AvgIpc) is 3.18. The molecule has 28 heavy (non-hydrogen) atoms. The fourth-order valence-corrected chi connectivity index (χ4v) is 3.51. The molecular weight excluding hydrogens is 367 g/mol. The van der Waals surface area contributed by atoms with Gasteiger partial charge in [0.2, 0.25) is 0 Å². The average molecular weight is 387 g/mol. The minimum Gasteiger partial charge on any atom is -0.342 e. The molecular formula is C20H20F3N5. The van der Waals surface area contributed by atoms with Crippen molar-refractivity contribution < 1.29 is 13.2 Å². The number of hydrogen-bond acceptors (Lipinski definition) is 4. The van der Waals surface area contributed by atoms with Gasteiger partial charge in [-0.05, 0) is 25.9 Å². The van der Waals surface area contributed by atoms with Crippen LogP contribution in [0.1, 0.15) is 24.6 Å². The van der Waals surface area contributed by atoms with Crippen LogP contribution in [0, 0.1) is 0 Å². The van der Waals surface area contributed by atoms with E-state index in [0.29, 0.717) is 31.8 Å². The number of nitrogens with zero attached hydrogens (tertiary/aromatic N) is 4. The summed E-state index contributed by atoms with van der Waals surface area (Å²) in [6.07, 6.45) is 2.41. The molecule has 1 aromatic carbocycles. The molecule has 0 unspecified atom stereocenters. The number of halogens is 3. The van der Waals surface area contributed by atoms with Gasteiger partial charge in [0, 0.05) is 29.4 Å². The molecule has 0 aliphatic carbocycles. The maximum absolute atomic E-state index is 12.5. The number of benzene rings is 1. The highest BCUT2D eigenvalue weighted by Crippen LogP contribution is 2.29. The zero-order chi connectivity index (χ0) is 19.6. The molecule has 0 bridgehead atoms. The molecule has 3 heterocycles. The van der Waals surface area contributed by atoms with E-state index in [1.165, 1.54) is 4.90 Å². The highest BCUT2D eigenvalue weighted by Gasteiger charge is 2.33. The second kappa shape index (κ2) is 7.71. The molecule has 5 nitrogen and oxygen atoms in total. The lowest BCUT2D eigenvalue weighted by Crippen LogP contribution is -2.39. The van der Waals surface area contributed by atoms with Crippen molar-refractivity contribution in [3.05, 3.63) is 54.7 Å². The second-order valence-electron chi connectivity index (χ2n) is 7.01. The van der Waals surface area contributed by atoms with Crippen LogP contribution in [0.4, 0.5) is 13.2 Å². The first-order chi connectivity index (χ1) is 13.5. The molecule has 2 aromatic heterocycles. The van der Waals surface area contributed by atoms with Gasteiger partial charge in [-0.1, -0.05) is 30.3 Å². The smallest absolute Gasteiger partial charge is 0.342 e. The molecule has 3 aromatic rings. The first-order valence-electron chi connectivity index (χ1n) is 9.20. The van der Waals surface area contributed by atoms with E-state index in [2.05, 4.69) is 19.9 Å². The summed E-state index contributed by atoms with van der Waals surface area (Å²) in [5.41, 5.74) is 2.59. The lowest BCUT2D eigenvalue weighted by atomic mass is 9.96. The zero-order valence-corrected chi connectivity index (χ0v) is 15.2. The van der Waals surface area contributed by atoms with Gasteiger partial charge in [-0.2, -0.15) is 13.2 Å². The molecule has 1 saturated heterocycles. The standard InChI is InChI=1S/C20H20F3N5/c21-20(22,23)13-28-8-6-15(7-9-28)19-26-12-17(27-19)16-10-24-18(25-11-16)14-4-2-1-3-5-14/h1-5,10-12,15H,6-9,13H2,(H,26,27). The van der Waals surface area contributed by atoms with Crippen LogP contribution >= 0.6 is 0 Å². The minimum atomic E-state index is -4.14. The van der Waals surface area contributed by atoms with Crippen molar-refractivity contribution in [2.45, 2.75) is 24.9 Å². The van der Waals surface area contributed by atoms with E-state index in [0.717, 1.165) is 22.6 Å². The molecule has 0 spiro atoms. The summed E-state index contributed by atoms with van der Waals surface area (Å²) in [6.45, 7) is 0.0123. The van der Waals surface area contributed by atoms with Crippen LogP contribution in [0.2, 0.25) is 0 Å². The van der Waals surface area contributed by atoms with E-state index in [1.807, 2.05) is 30.3 Å². The van der Waals surface area contributed by atoms with Crippen LogP contribution in [0.25, 0.3) is 22.6 Å². The summed E-state index contributed by atoms with van der Waals surface area (Å²) >= 11 is 0. The number of rotatable bonds is 4. The lowest BCUT2D eigenvalue weighted by molar-refractivity contribution is -0.148. The van der Waals surface area contributed by atoms with Crippen LogP contribution in [0.15, 0.2) is 48.9 Å². The molecule has 0 radical (unpaired) electrons. The van der Waals surface area contributed by atoms with E-state index in [1.54, 1.807) is 18.6 Å². The highest BCUT2D eigenvalue weighted by atomic mass is 19.4. The first kappa shape index (κ1) is 18.6. The second-order valence-corrected chi connectivity index (χ2v) is 7.01. The predicted octanol–water partition coefficient (Wildman–Crippen LogP) is 4.28. The lowest BCUT2D eigenvalue weighted by Gasteiger charge is -2.31. The van der Waals surface area contributed by atoms with Crippen LogP contribution in [0.5, 0.6) is 0 Å². The summed E-state index contributed by atoms with van der Waals surface area (Å²) in [7, 11) is 0. The van der Waals surface area contributed by atoms with Crippen LogP contribution in [-0.4, -0.2) is 50.6 Å². The number of imidazole rings is 1.